The minimum atomic E-state index is 0.0754. The molecule has 0 aliphatic heterocycles. The zero-order valence-corrected chi connectivity index (χ0v) is 12.4. The Morgan fingerprint density at radius 2 is 2.16 bits per heavy atom. The molecule has 2 heterocycles. The van der Waals surface area contributed by atoms with E-state index >= 15 is 0 Å². The lowest BCUT2D eigenvalue weighted by Crippen LogP contribution is -2.21. The molecule has 1 N–H and O–H groups in total. The maximum atomic E-state index is 12.1. The van der Waals surface area contributed by atoms with E-state index in [1.165, 1.54) is 34.6 Å². The van der Waals surface area contributed by atoms with Crippen LogP contribution in [0.4, 0.5) is 0 Å². The highest BCUT2D eigenvalue weighted by Crippen LogP contribution is 2.28. The summed E-state index contributed by atoms with van der Waals surface area (Å²) in [7, 11) is 0. The molecule has 0 saturated heterocycles. The van der Waals surface area contributed by atoms with Crippen LogP contribution in [0.25, 0.3) is 0 Å². The smallest absolute Gasteiger partial charge is 0.261 e. The van der Waals surface area contributed by atoms with Gasteiger partial charge in [-0.1, -0.05) is 12.5 Å². The standard InChI is InChI=1S/C15H17NOS2/c17-15(16-10-12-6-4-8-18-12)14-9-11-5-2-1-3-7-13(11)19-14/h4,6,8-9H,1-3,5,7,10H2,(H,16,17). The second-order valence-corrected chi connectivity index (χ2v) is 7.05. The number of hydrogen-bond acceptors (Lipinski definition) is 3. The van der Waals surface area contributed by atoms with Crippen molar-refractivity contribution < 1.29 is 4.79 Å². The van der Waals surface area contributed by atoms with Crippen LogP contribution >= 0.6 is 22.7 Å². The molecule has 3 rings (SSSR count). The Balaban J connectivity index is 1.66. The average molecular weight is 291 g/mol. The quantitative estimate of drug-likeness (QED) is 0.851. The summed E-state index contributed by atoms with van der Waals surface area (Å²) in [5, 5.41) is 5.04. The molecule has 1 aliphatic carbocycles. The third-order valence-corrected chi connectivity index (χ3v) is 5.59. The van der Waals surface area contributed by atoms with Crippen LogP contribution < -0.4 is 5.32 Å². The molecule has 1 aliphatic rings. The van der Waals surface area contributed by atoms with Gasteiger partial charge in [-0.3, -0.25) is 4.79 Å². The minimum absolute atomic E-state index is 0.0754. The van der Waals surface area contributed by atoms with Gasteiger partial charge in [0.15, 0.2) is 0 Å². The highest BCUT2D eigenvalue weighted by molar-refractivity contribution is 7.14. The summed E-state index contributed by atoms with van der Waals surface area (Å²) >= 11 is 3.36. The first-order valence-electron chi connectivity index (χ1n) is 6.75. The molecular formula is C15H17NOS2. The van der Waals surface area contributed by atoms with E-state index in [4.69, 9.17) is 0 Å². The van der Waals surface area contributed by atoms with E-state index in [1.807, 2.05) is 11.4 Å². The van der Waals surface area contributed by atoms with Crippen molar-refractivity contribution in [3.63, 3.8) is 0 Å². The van der Waals surface area contributed by atoms with Gasteiger partial charge >= 0.3 is 0 Å². The fraction of sp³-hybridized carbons (Fsp3) is 0.400. The van der Waals surface area contributed by atoms with Gasteiger partial charge in [0.2, 0.25) is 0 Å². The fourth-order valence-electron chi connectivity index (χ4n) is 2.45. The maximum Gasteiger partial charge on any atom is 0.261 e. The molecule has 0 aromatic carbocycles. The van der Waals surface area contributed by atoms with E-state index in [0.717, 1.165) is 17.7 Å². The van der Waals surface area contributed by atoms with E-state index in [2.05, 4.69) is 17.4 Å². The lowest BCUT2D eigenvalue weighted by Gasteiger charge is -2.01. The van der Waals surface area contributed by atoms with Crippen LogP contribution in [0.1, 0.15) is 44.3 Å². The number of fused-ring (bicyclic) bond motifs is 1. The fourth-order valence-corrected chi connectivity index (χ4v) is 4.26. The first-order chi connectivity index (χ1) is 9.33. The van der Waals surface area contributed by atoms with E-state index in [1.54, 1.807) is 22.7 Å². The highest BCUT2D eigenvalue weighted by atomic mass is 32.1. The van der Waals surface area contributed by atoms with Crippen molar-refractivity contribution >= 4 is 28.6 Å². The zero-order valence-electron chi connectivity index (χ0n) is 10.8. The Bertz CT molecular complexity index is 533. The monoisotopic (exact) mass is 291 g/mol. The number of rotatable bonds is 3. The molecule has 0 radical (unpaired) electrons. The van der Waals surface area contributed by atoms with E-state index < -0.39 is 0 Å². The molecule has 2 nitrogen and oxygen atoms in total. The van der Waals surface area contributed by atoms with Gasteiger partial charge in [0, 0.05) is 9.75 Å². The van der Waals surface area contributed by atoms with E-state index in [0.29, 0.717) is 6.54 Å². The molecule has 2 aromatic heterocycles. The lowest BCUT2D eigenvalue weighted by atomic mass is 10.1. The van der Waals surface area contributed by atoms with Crippen molar-refractivity contribution in [3.8, 4) is 0 Å². The summed E-state index contributed by atoms with van der Waals surface area (Å²) < 4.78 is 0. The topological polar surface area (TPSA) is 29.1 Å². The molecule has 2 aromatic rings. The number of carbonyl (C=O) groups excluding carboxylic acids is 1. The molecule has 0 fully saturated rings. The van der Waals surface area contributed by atoms with Gasteiger partial charge in [-0.2, -0.15) is 0 Å². The second kappa shape index (κ2) is 5.88. The SMILES string of the molecule is O=C(NCc1cccs1)c1cc2c(s1)CCCCC2. The van der Waals surface area contributed by atoms with Crippen LogP contribution in [0.2, 0.25) is 0 Å². The largest absolute Gasteiger partial charge is 0.346 e. The summed E-state index contributed by atoms with van der Waals surface area (Å²) in [6, 6.07) is 6.17. The van der Waals surface area contributed by atoms with Crippen molar-refractivity contribution in [2.45, 2.75) is 38.6 Å². The number of nitrogens with one attached hydrogen (secondary N) is 1. The molecule has 100 valence electrons. The van der Waals surface area contributed by atoms with Crippen molar-refractivity contribution in [2.24, 2.45) is 0 Å². The summed E-state index contributed by atoms with van der Waals surface area (Å²) in [5.74, 6) is 0.0754. The molecule has 1 amide bonds. The number of carbonyl (C=O) groups is 1. The average Bonchev–Trinajstić information content (AvgIpc) is 3.02. The van der Waals surface area contributed by atoms with Gasteiger partial charge in [-0.15, -0.1) is 22.7 Å². The van der Waals surface area contributed by atoms with Gasteiger partial charge in [0.1, 0.15) is 0 Å². The minimum Gasteiger partial charge on any atom is -0.346 e. The van der Waals surface area contributed by atoms with Crippen LogP contribution in [-0.2, 0) is 19.4 Å². The Morgan fingerprint density at radius 1 is 1.26 bits per heavy atom. The number of amides is 1. The third kappa shape index (κ3) is 3.07. The lowest BCUT2D eigenvalue weighted by molar-refractivity contribution is 0.0955. The van der Waals surface area contributed by atoms with E-state index in [-0.39, 0.29) is 5.91 Å². The Hall–Kier alpha value is -1.13. The predicted octanol–water partition coefficient (Wildman–Crippen LogP) is 4.01. The van der Waals surface area contributed by atoms with Gasteiger partial charge in [-0.05, 0) is 48.8 Å². The van der Waals surface area contributed by atoms with Crippen LogP contribution in [-0.4, -0.2) is 5.91 Å². The maximum absolute atomic E-state index is 12.1. The molecule has 0 unspecified atom stereocenters. The van der Waals surface area contributed by atoms with Crippen molar-refractivity contribution in [1.29, 1.82) is 0 Å². The van der Waals surface area contributed by atoms with Gasteiger partial charge < -0.3 is 5.32 Å². The summed E-state index contributed by atoms with van der Waals surface area (Å²) in [6.07, 6.45) is 6.15. The van der Waals surface area contributed by atoms with Crippen LogP contribution in [0, 0.1) is 0 Å². The number of thiophene rings is 2. The Labute approximate surface area is 121 Å². The van der Waals surface area contributed by atoms with Crippen LogP contribution in [0.3, 0.4) is 0 Å². The van der Waals surface area contributed by atoms with E-state index in [9.17, 15) is 4.79 Å². The van der Waals surface area contributed by atoms with Crippen molar-refractivity contribution in [1.82, 2.24) is 5.32 Å². The van der Waals surface area contributed by atoms with Crippen LogP contribution in [0.15, 0.2) is 23.6 Å². The second-order valence-electron chi connectivity index (χ2n) is 4.88. The molecule has 0 spiro atoms. The first kappa shape index (κ1) is 12.9. The Morgan fingerprint density at radius 3 is 3.00 bits per heavy atom. The predicted molar refractivity (Wildman–Crippen MR) is 81.1 cm³/mol. The number of aryl methyl sites for hydroxylation is 2. The molecule has 4 heteroatoms. The summed E-state index contributed by atoms with van der Waals surface area (Å²) in [4.78, 5) is 15.7. The highest BCUT2D eigenvalue weighted by Gasteiger charge is 2.16. The van der Waals surface area contributed by atoms with Crippen molar-refractivity contribution in [2.75, 3.05) is 0 Å². The molecule has 0 saturated carbocycles. The summed E-state index contributed by atoms with van der Waals surface area (Å²) in [5.41, 5.74) is 1.41. The van der Waals surface area contributed by atoms with Crippen LogP contribution in [0.5, 0.6) is 0 Å². The Kier molecular flexibility index (Phi) is 3.99. The molecule has 19 heavy (non-hydrogen) atoms. The van der Waals surface area contributed by atoms with Gasteiger partial charge in [-0.25, -0.2) is 0 Å². The molecule has 0 bridgehead atoms. The normalized spacial score (nSPS) is 14.7. The molecule has 0 atom stereocenters. The van der Waals surface area contributed by atoms with Gasteiger partial charge in [0.25, 0.3) is 5.91 Å². The summed E-state index contributed by atoms with van der Waals surface area (Å²) in [6.45, 7) is 0.638. The first-order valence-corrected chi connectivity index (χ1v) is 8.45. The zero-order chi connectivity index (χ0) is 13.1. The third-order valence-electron chi connectivity index (χ3n) is 3.47. The number of hydrogen-bond donors (Lipinski definition) is 1. The van der Waals surface area contributed by atoms with Crippen molar-refractivity contribution in [3.05, 3.63) is 43.8 Å². The van der Waals surface area contributed by atoms with Gasteiger partial charge in [0.05, 0.1) is 11.4 Å². The molecular weight excluding hydrogens is 274 g/mol.